The highest BCUT2D eigenvalue weighted by atomic mass is 35.5. The van der Waals surface area contributed by atoms with Crippen molar-refractivity contribution in [1.82, 2.24) is 69.4 Å². The van der Waals surface area contributed by atoms with Gasteiger partial charge in [-0.2, -0.15) is 0 Å². The molecule has 3 saturated heterocycles. The summed E-state index contributed by atoms with van der Waals surface area (Å²) in [6, 6.07) is 25.6. The fourth-order valence-corrected chi connectivity index (χ4v) is 15.6. The Bertz CT molecular complexity index is 4630. The highest BCUT2D eigenvalue weighted by molar-refractivity contribution is 7.81. The smallest absolute Gasteiger partial charge is 0.227 e. The van der Waals surface area contributed by atoms with Crippen molar-refractivity contribution in [3.05, 3.63) is 177 Å². The molecule has 0 aliphatic carbocycles. The number of hydrogen-bond acceptors (Lipinski definition) is 20. The zero-order valence-electron chi connectivity index (χ0n) is 60.7. The second-order valence-corrected chi connectivity index (χ2v) is 31.2. The predicted octanol–water partition coefficient (Wildman–Crippen LogP) is 14.4. The van der Waals surface area contributed by atoms with Crippen LogP contribution in [-0.2, 0) is 32.1 Å². The van der Waals surface area contributed by atoms with Crippen LogP contribution in [0.4, 0.5) is 52.0 Å². The third-order valence-corrected chi connectivity index (χ3v) is 21.5. The molecular weight excluding hydrogens is 1360 g/mol. The van der Waals surface area contributed by atoms with E-state index in [1.807, 2.05) is 69.2 Å². The number of thiocarbonyl (C=S) groups is 3. The third kappa shape index (κ3) is 18.2. The lowest BCUT2D eigenvalue weighted by Gasteiger charge is -2.43. The van der Waals surface area contributed by atoms with Crippen molar-refractivity contribution in [2.75, 3.05) is 126 Å². The van der Waals surface area contributed by atoms with Crippen LogP contribution in [0, 0.1) is 33.1 Å². The van der Waals surface area contributed by atoms with Gasteiger partial charge in [-0.15, -0.1) is 0 Å². The quantitative estimate of drug-likeness (QED) is 0.0560. The molecule has 20 nitrogen and oxygen atoms in total. The van der Waals surface area contributed by atoms with Gasteiger partial charge < -0.3 is 56.4 Å². The molecule has 12 heterocycles. The van der Waals surface area contributed by atoms with Crippen LogP contribution >= 0.6 is 48.3 Å². The number of hydrogen-bond donors (Lipinski definition) is 6. The molecule has 0 radical (unpaired) electrons. The minimum atomic E-state index is 0.190. The van der Waals surface area contributed by atoms with Gasteiger partial charge in [0.1, 0.15) is 0 Å². The molecule has 3 fully saturated rings. The third-order valence-electron chi connectivity index (χ3n) is 20.5. The Morgan fingerprint density at radius 1 is 0.515 bits per heavy atom. The van der Waals surface area contributed by atoms with Gasteiger partial charge in [0.25, 0.3) is 0 Å². The average molecular weight is 1450 g/mol. The van der Waals surface area contributed by atoms with Gasteiger partial charge in [0.15, 0.2) is 0 Å². The van der Waals surface area contributed by atoms with E-state index in [-0.39, 0.29) is 5.41 Å². The zero-order chi connectivity index (χ0) is 72.1. The number of pyridine rings is 3. The number of anilines is 9. The van der Waals surface area contributed by atoms with Gasteiger partial charge in [-0.05, 0) is 195 Å². The molecule has 1 atom stereocenters. The van der Waals surface area contributed by atoms with E-state index in [2.05, 4.69) is 192 Å². The molecule has 0 amide bonds. The molecule has 24 heteroatoms. The minimum absolute atomic E-state index is 0.190. The van der Waals surface area contributed by atoms with Gasteiger partial charge in [0.2, 0.25) is 17.8 Å². The van der Waals surface area contributed by atoms with Gasteiger partial charge in [-0.3, -0.25) is 15.0 Å². The number of nitrogens with one attached hydrogen (secondary N) is 6. The van der Waals surface area contributed by atoms with Crippen LogP contribution in [0.1, 0.15) is 94.9 Å². The first kappa shape index (κ1) is 72.8. The van der Waals surface area contributed by atoms with Crippen LogP contribution in [0.3, 0.4) is 0 Å². The van der Waals surface area contributed by atoms with Crippen LogP contribution < -0.4 is 31.9 Å². The van der Waals surface area contributed by atoms with Crippen LogP contribution in [0.15, 0.2) is 116 Å². The van der Waals surface area contributed by atoms with Crippen molar-refractivity contribution < 1.29 is 0 Å². The maximum atomic E-state index is 6.20. The summed E-state index contributed by atoms with van der Waals surface area (Å²) >= 11 is 22.8. The summed E-state index contributed by atoms with van der Waals surface area (Å²) in [7, 11) is 8.76. The van der Waals surface area contributed by atoms with E-state index in [1.165, 1.54) is 40.7 Å². The van der Waals surface area contributed by atoms with E-state index >= 15 is 0 Å². The molecule has 0 saturated carbocycles. The summed E-state index contributed by atoms with van der Waals surface area (Å²) in [5.74, 6) is 2.14. The van der Waals surface area contributed by atoms with Crippen molar-refractivity contribution in [3.63, 3.8) is 0 Å². The monoisotopic (exact) mass is 1450 g/mol. The standard InChI is InChI=1S/C28H35N7S.C27H32N6S.C24H26ClN7S/c1-18-5-6-23-25(13-18)31-26(36)15-21-17-30-28(33-27(21)23)32-24-14-20(16-29-19(24)2)7-10-35-11-8-22(9-12-35)34(3)4;1-16-6-7-20-23(10-16)30-24(34)12-19-14-29-26(32-25(19)20)31-22-11-18(13-28-17(22)2)21-8-9-33(5)15-27(21,3)4;1-31-6-8-32(9-7-31)5-4-16-10-19(15-26-13-16)28-24-27-14-17-11-22(33)29-21-12-18(25)2-3-20(21)23(17)30-24/h5-6,13-14,16-17,22H,7-12,15H2,1-4H3,(H,31,36)(H,30,32,33);6-7,10-11,13-14,21H,8-9,12,15H2,1-5H3,(H,30,34)(H,29,31,32);2-3,10,12-15H,4-9,11H2,1H3,(H,29,33)(H,27,28,30). The number of fused-ring (bicyclic) bond motifs is 9. The van der Waals surface area contributed by atoms with Crippen molar-refractivity contribution >= 4 is 115 Å². The van der Waals surface area contributed by atoms with Gasteiger partial charge in [-0.25, -0.2) is 29.9 Å². The first-order valence-corrected chi connectivity index (χ1v) is 37.3. The molecule has 0 bridgehead atoms. The molecule has 0 spiro atoms. The average Bonchev–Trinajstić information content (AvgIpc) is 1.79. The van der Waals surface area contributed by atoms with E-state index < -0.39 is 0 Å². The second kappa shape index (κ2) is 32.3. The summed E-state index contributed by atoms with van der Waals surface area (Å²) in [4.78, 5) is 56.8. The van der Waals surface area contributed by atoms with E-state index in [1.54, 1.807) is 6.20 Å². The number of benzene rings is 3. The number of aryl methyl sites for hydroxylation is 4. The fourth-order valence-electron chi connectivity index (χ4n) is 14.7. The number of aromatic nitrogens is 9. The van der Waals surface area contributed by atoms with Crippen molar-refractivity contribution in [3.8, 4) is 33.8 Å². The lowest BCUT2D eigenvalue weighted by Crippen LogP contribution is -2.45. The molecule has 6 N–H and O–H groups in total. The topological polar surface area (TPSA) is 204 Å². The molecule has 103 heavy (non-hydrogen) atoms. The number of likely N-dealkylation sites (tertiary alicyclic amines) is 2. The molecule has 9 aromatic rings. The Balaban J connectivity index is 0.000000138. The number of halogens is 1. The first-order valence-electron chi connectivity index (χ1n) is 35.7. The van der Waals surface area contributed by atoms with E-state index in [4.69, 9.17) is 68.2 Å². The van der Waals surface area contributed by atoms with E-state index in [9.17, 15) is 0 Å². The van der Waals surface area contributed by atoms with Gasteiger partial charge in [-0.1, -0.05) is 86.4 Å². The highest BCUT2D eigenvalue weighted by Crippen LogP contribution is 2.44. The Morgan fingerprint density at radius 2 is 1.00 bits per heavy atom. The van der Waals surface area contributed by atoms with E-state index in [0.717, 1.165) is 196 Å². The first-order chi connectivity index (χ1) is 49.6. The highest BCUT2D eigenvalue weighted by Gasteiger charge is 2.36. The van der Waals surface area contributed by atoms with Crippen LogP contribution in [-0.4, -0.2) is 184 Å². The summed E-state index contributed by atoms with van der Waals surface area (Å²) in [6.07, 6.45) is 20.8. The molecule has 1 unspecified atom stereocenters. The van der Waals surface area contributed by atoms with E-state index in [0.29, 0.717) is 54.1 Å². The molecule has 3 aromatic carbocycles. The van der Waals surface area contributed by atoms with Crippen molar-refractivity contribution in [2.24, 2.45) is 5.41 Å². The predicted molar refractivity (Wildman–Crippen MR) is 432 cm³/mol. The number of piperidine rings is 2. The lowest BCUT2D eigenvalue weighted by atomic mass is 9.71. The van der Waals surface area contributed by atoms with Crippen LogP contribution in [0.25, 0.3) is 33.8 Å². The summed E-state index contributed by atoms with van der Waals surface area (Å²) in [5, 5.41) is 20.9. The number of piperazine rings is 1. The molecule has 6 aliphatic rings. The zero-order valence-corrected chi connectivity index (χ0v) is 63.9. The summed E-state index contributed by atoms with van der Waals surface area (Å²) < 4.78 is 0. The largest absolute Gasteiger partial charge is 0.349 e. The molecule has 6 aliphatic heterocycles. The van der Waals surface area contributed by atoms with Crippen LogP contribution in [0.5, 0.6) is 0 Å². The maximum absolute atomic E-state index is 6.20. The maximum Gasteiger partial charge on any atom is 0.227 e. The molecule has 534 valence electrons. The number of rotatable bonds is 14. The minimum Gasteiger partial charge on any atom is -0.349 e. The SMILES string of the molecule is CN1CCN(CCc2cncc(Nc3ncc4c(n3)-c3ccc(Cl)cc3NC(=S)C4)c2)CC1.Cc1ccc2c(c1)NC(=S)Cc1cnc(Nc3cc(C4CCN(C)CC4(C)C)cnc3C)nc1-2.Cc1ccc2c(c1)NC(=S)Cc1cnc(Nc3cc(CCN4CCC(N(C)C)CC4)cnc3C)nc1-2. The Kier molecular flexibility index (Phi) is 22.8. The van der Waals surface area contributed by atoms with Gasteiger partial charge in [0.05, 0.1) is 66.7 Å². The normalized spacial score (nSPS) is 17.4. The van der Waals surface area contributed by atoms with Gasteiger partial charge >= 0.3 is 0 Å². The van der Waals surface area contributed by atoms with Crippen LogP contribution in [0.2, 0.25) is 5.02 Å². The Labute approximate surface area is 627 Å². The summed E-state index contributed by atoms with van der Waals surface area (Å²) in [5.41, 5.74) is 22.5. The molecule has 6 aromatic heterocycles. The lowest BCUT2D eigenvalue weighted by molar-refractivity contribution is 0.114. The van der Waals surface area contributed by atoms with Crippen molar-refractivity contribution in [1.29, 1.82) is 0 Å². The molecule has 15 rings (SSSR count). The number of likely N-dealkylation sites (N-methyl/N-ethyl adjacent to an activating group) is 1. The summed E-state index contributed by atoms with van der Waals surface area (Å²) in [6.45, 7) is 24.0. The Morgan fingerprint density at radius 3 is 1.53 bits per heavy atom. The second-order valence-electron chi connectivity index (χ2n) is 29.2. The molecular formula is C79H93ClN20S3. The fraction of sp³-hybridized carbons (Fsp3) is 0.392. The van der Waals surface area contributed by atoms with Crippen molar-refractivity contribution in [2.45, 2.75) is 105 Å². The Hall–Kier alpha value is -8.49. The number of nitrogens with zero attached hydrogens (tertiary/aromatic N) is 14. The van der Waals surface area contributed by atoms with Gasteiger partial charge in [0, 0.05) is 164 Å².